The molecule has 0 unspecified atom stereocenters. The number of pyridine rings is 1. The Labute approximate surface area is 150 Å². The van der Waals surface area contributed by atoms with Crippen molar-refractivity contribution < 1.29 is 13.2 Å². The molecule has 0 aliphatic rings. The molecule has 2 rings (SSSR count). The number of hydrogen-bond donors (Lipinski definition) is 2. The fraction of sp³-hybridized carbons (Fsp3) is 0.188. The molecule has 7 nitrogen and oxygen atoms in total. The van der Waals surface area contributed by atoms with Gasteiger partial charge in [-0.05, 0) is 49.7 Å². The van der Waals surface area contributed by atoms with Crippen LogP contribution in [0.2, 0.25) is 0 Å². The van der Waals surface area contributed by atoms with E-state index in [4.69, 9.17) is 5.14 Å². The number of nitrogens with one attached hydrogen (secondary N) is 1. The van der Waals surface area contributed by atoms with Crippen molar-refractivity contribution >= 4 is 33.4 Å². The number of nitrogens with two attached hydrogens (primary N) is 1. The Morgan fingerprint density at radius 1 is 1.32 bits per heavy atom. The zero-order valence-corrected chi connectivity index (χ0v) is 15.2. The lowest BCUT2D eigenvalue weighted by Gasteiger charge is -2.08. The lowest BCUT2D eigenvalue weighted by atomic mass is 10.1. The minimum Gasteiger partial charge on any atom is -0.325 e. The minimum atomic E-state index is -3.77. The van der Waals surface area contributed by atoms with Crippen LogP contribution < -0.4 is 10.5 Å². The number of aromatic nitrogens is 1. The van der Waals surface area contributed by atoms with E-state index >= 15 is 0 Å². The second-order valence-electron chi connectivity index (χ2n) is 5.28. The van der Waals surface area contributed by atoms with Crippen molar-refractivity contribution in [2.75, 3.05) is 11.1 Å². The highest BCUT2D eigenvalue weighted by Gasteiger charge is 2.12. The number of primary sulfonamides is 1. The van der Waals surface area contributed by atoms with Crippen LogP contribution in [0.3, 0.4) is 0 Å². The largest absolute Gasteiger partial charge is 0.325 e. The van der Waals surface area contributed by atoms with Crippen molar-refractivity contribution in [3.05, 3.63) is 47.2 Å². The number of nitrogens with zero attached hydrogens (tertiary/aromatic N) is 2. The van der Waals surface area contributed by atoms with Crippen LogP contribution in [0.25, 0.3) is 0 Å². The Morgan fingerprint density at radius 3 is 2.52 bits per heavy atom. The molecule has 2 aromatic rings. The minimum absolute atomic E-state index is 0.0297. The molecule has 0 saturated carbocycles. The van der Waals surface area contributed by atoms with Gasteiger partial charge in [-0.2, -0.15) is 5.26 Å². The molecular formula is C16H16N4O3S2. The van der Waals surface area contributed by atoms with E-state index in [-0.39, 0.29) is 16.6 Å². The first-order valence-corrected chi connectivity index (χ1v) is 9.68. The van der Waals surface area contributed by atoms with Gasteiger partial charge in [-0.3, -0.25) is 4.79 Å². The summed E-state index contributed by atoms with van der Waals surface area (Å²) in [4.78, 5) is 16.3. The number of benzene rings is 1. The predicted molar refractivity (Wildman–Crippen MR) is 95.6 cm³/mol. The number of sulfonamides is 1. The number of amides is 1. The van der Waals surface area contributed by atoms with Gasteiger partial charge in [0.2, 0.25) is 15.9 Å². The molecule has 25 heavy (non-hydrogen) atoms. The van der Waals surface area contributed by atoms with Crippen LogP contribution in [0.1, 0.15) is 16.8 Å². The highest BCUT2D eigenvalue weighted by molar-refractivity contribution is 8.00. The highest BCUT2D eigenvalue weighted by Crippen LogP contribution is 2.23. The first-order valence-electron chi connectivity index (χ1n) is 7.14. The van der Waals surface area contributed by atoms with Crippen molar-refractivity contribution in [3.8, 4) is 6.07 Å². The Hall–Kier alpha value is -2.41. The second-order valence-corrected chi connectivity index (χ2v) is 7.80. The average molecular weight is 376 g/mol. The molecule has 1 aromatic heterocycles. The molecule has 1 amide bonds. The van der Waals surface area contributed by atoms with Gasteiger partial charge in [-0.25, -0.2) is 18.5 Å². The van der Waals surface area contributed by atoms with Gasteiger partial charge >= 0.3 is 0 Å². The van der Waals surface area contributed by atoms with Gasteiger partial charge < -0.3 is 5.32 Å². The molecule has 0 aliphatic carbocycles. The number of anilines is 1. The standard InChI is InChI=1S/C16H16N4O3S2/c1-10-7-11(2)19-16(14(10)8-17)24-9-15(21)20-12-3-5-13(6-4-12)25(18,22)23/h3-7H,9H2,1-2H3,(H,20,21)(H2,18,22,23). The maximum Gasteiger partial charge on any atom is 0.238 e. The van der Waals surface area contributed by atoms with Gasteiger partial charge in [0, 0.05) is 11.4 Å². The summed E-state index contributed by atoms with van der Waals surface area (Å²) in [6.45, 7) is 3.65. The third-order valence-corrected chi connectivity index (χ3v) is 5.13. The smallest absolute Gasteiger partial charge is 0.238 e. The zero-order chi connectivity index (χ0) is 18.6. The molecule has 0 atom stereocenters. The van der Waals surface area contributed by atoms with E-state index in [1.807, 2.05) is 19.9 Å². The molecule has 9 heteroatoms. The topological polar surface area (TPSA) is 126 Å². The van der Waals surface area contributed by atoms with Crippen LogP contribution in [-0.2, 0) is 14.8 Å². The van der Waals surface area contributed by atoms with Crippen LogP contribution in [0.5, 0.6) is 0 Å². The van der Waals surface area contributed by atoms with Crippen molar-refractivity contribution in [2.24, 2.45) is 5.14 Å². The number of carbonyl (C=O) groups excluding carboxylic acids is 1. The van der Waals surface area contributed by atoms with Crippen LogP contribution in [0, 0.1) is 25.2 Å². The van der Waals surface area contributed by atoms with Gasteiger partial charge in [0.15, 0.2) is 0 Å². The summed E-state index contributed by atoms with van der Waals surface area (Å²) in [6.07, 6.45) is 0. The Bertz CT molecular complexity index is 949. The van der Waals surface area contributed by atoms with E-state index in [1.165, 1.54) is 36.0 Å². The number of thioether (sulfide) groups is 1. The normalized spacial score (nSPS) is 11.0. The summed E-state index contributed by atoms with van der Waals surface area (Å²) in [6, 6.07) is 9.46. The summed E-state index contributed by atoms with van der Waals surface area (Å²) in [5.74, 6) is -0.222. The number of carbonyl (C=O) groups is 1. The summed E-state index contributed by atoms with van der Waals surface area (Å²) >= 11 is 1.17. The van der Waals surface area contributed by atoms with Gasteiger partial charge in [-0.1, -0.05) is 11.8 Å². The second kappa shape index (κ2) is 7.65. The zero-order valence-electron chi connectivity index (χ0n) is 13.6. The molecule has 0 saturated heterocycles. The molecule has 0 bridgehead atoms. The van der Waals surface area contributed by atoms with Crippen LogP contribution in [0.15, 0.2) is 40.3 Å². The summed E-state index contributed by atoms with van der Waals surface area (Å²) in [7, 11) is -3.77. The first kappa shape index (κ1) is 18.9. The highest BCUT2D eigenvalue weighted by atomic mass is 32.2. The summed E-state index contributed by atoms with van der Waals surface area (Å²) < 4.78 is 22.4. The molecule has 0 spiro atoms. The molecule has 1 aromatic carbocycles. The molecular weight excluding hydrogens is 360 g/mol. The van der Waals surface area contributed by atoms with Crippen molar-refractivity contribution in [1.29, 1.82) is 5.26 Å². The van der Waals surface area contributed by atoms with E-state index in [0.717, 1.165) is 11.3 Å². The van der Waals surface area contributed by atoms with Gasteiger partial charge in [-0.15, -0.1) is 0 Å². The van der Waals surface area contributed by atoms with Crippen molar-refractivity contribution in [3.63, 3.8) is 0 Å². The van der Waals surface area contributed by atoms with Gasteiger partial charge in [0.1, 0.15) is 11.1 Å². The van der Waals surface area contributed by atoms with Crippen molar-refractivity contribution in [2.45, 2.75) is 23.8 Å². The molecule has 0 fully saturated rings. The third kappa shape index (κ3) is 5.03. The Kier molecular flexibility index (Phi) is 5.79. The van der Waals surface area contributed by atoms with Gasteiger partial charge in [0.25, 0.3) is 0 Å². The van der Waals surface area contributed by atoms with Crippen molar-refractivity contribution in [1.82, 2.24) is 4.98 Å². The molecule has 3 N–H and O–H groups in total. The Balaban J connectivity index is 2.04. The van der Waals surface area contributed by atoms with E-state index in [0.29, 0.717) is 16.3 Å². The van der Waals surface area contributed by atoms with Crippen LogP contribution in [0.4, 0.5) is 5.69 Å². The first-order chi connectivity index (χ1) is 11.7. The fourth-order valence-corrected chi connectivity index (χ4v) is 3.52. The van der Waals surface area contributed by atoms with Crippen LogP contribution >= 0.6 is 11.8 Å². The van der Waals surface area contributed by atoms with E-state index in [9.17, 15) is 18.5 Å². The Morgan fingerprint density at radius 2 is 1.96 bits per heavy atom. The maximum atomic E-state index is 12.1. The summed E-state index contributed by atoms with van der Waals surface area (Å²) in [5.41, 5.74) is 2.50. The molecule has 0 radical (unpaired) electrons. The average Bonchev–Trinajstić information content (AvgIpc) is 2.52. The number of aryl methyl sites for hydroxylation is 2. The predicted octanol–water partition coefficient (Wildman–Crippen LogP) is 1.95. The maximum absolute atomic E-state index is 12.1. The van der Waals surface area contributed by atoms with Gasteiger partial charge in [0.05, 0.1) is 16.2 Å². The lowest BCUT2D eigenvalue weighted by molar-refractivity contribution is -0.113. The molecule has 0 aliphatic heterocycles. The number of rotatable bonds is 5. The van der Waals surface area contributed by atoms with Crippen LogP contribution in [-0.4, -0.2) is 25.1 Å². The molecule has 1 heterocycles. The number of hydrogen-bond acceptors (Lipinski definition) is 6. The van der Waals surface area contributed by atoms with E-state index < -0.39 is 10.0 Å². The molecule has 130 valence electrons. The van der Waals surface area contributed by atoms with E-state index in [1.54, 1.807) is 0 Å². The SMILES string of the molecule is Cc1cc(C)c(C#N)c(SCC(=O)Nc2ccc(S(N)(=O)=O)cc2)n1. The van der Waals surface area contributed by atoms with E-state index in [2.05, 4.69) is 16.4 Å². The summed E-state index contributed by atoms with van der Waals surface area (Å²) in [5, 5.41) is 17.4. The monoisotopic (exact) mass is 376 g/mol. The fourth-order valence-electron chi connectivity index (χ4n) is 2.10. The quantitative estimate of drug-likeness (QED) is 0.768. The third-order valence-electron chi connectivity index (χ3n) is 3.23. The number of nitriles is 1. The lowest BCUT2D eigenvalue weighted by Crippen LogP contribution is -2.15.